The Labute approximate surface area is 133 Å². The fourth-order valence-electron chi connectivity index (χ4n) is 3.85. The molecule has 3 nitrogen and oxygen atoms in total. The summed E-state index contributed by atoms with van der Waals surface area (Å²) in [6.45, 7) is -2.92. The first-order valence-corrected chi connectivity index (χ1v) is 7.93. The Morgan fingerprint density at radius 1 is 1.36 bits per heavy atom. The van der Waals surface area contributed by atoms with E-state index in [1.54, 1.807) is 0 Å². The molecule has 0 saturated heterocycles. The van der Waals surface area contributed by atoms with Gasteiger partial charge in [-0.3, -0.25) is 4.79 Å². The molecule has 1 aromatic rings. The van der Waals surface area contributed by atoms with Crippen molar-refractivity contribution in [2.24, 2.45) is 17.8 Å². The SMILES string of the molecule is O=C(C[C@H]1C[C@@H]2CC[C@@H]1C2)Nc1ccc(OC(F)F)c(Cl)c1. The Balaban J connectivity index is 1.56. The number of ether oxygens (including phenoxy) is 1. The summed E-state index contributed by atoms with van der Waals surface area (Å²) in [4.78, 5) is 12.1. The standard InChI is InChI=1S/C16H18ClF2NO2/c17-13-8-12(3-4-14(13)22-16(18)19)20-15(21)7-11-6-9-1-2-10(11)5-9/h3-4,8-11,16H,1-2,5-7H2,(H,20,21)/t9-,10-,11-/m1/s1. The highest BCUT2D eigenvalue weighted by Crippen LogP contribution is 2.49. The largest absolute Gasteiger partial charge is 0.433 e. The Morgan fingerprint density at radius 2 is 2.18 bits per heavy atom. The van der Waals surface area contributed by atoms with Crippen LogP contribution in [-0.2, 0) is 4.79 Å². The van der Waals surface area contributed by atoms with Crippen molar-refractivity contribution in [2.45, 2.75) is 38.7 Å². The Bertz CT molecular complexity index is 567. The van der Waals surface area contributed by atoms with E-state index < -0.39 is 6.61 Å². The molecule has 3 atom stereocenters. The van der Waals surface area contributed by atoms with Crippen molar-refractivity contribution in [3.05, 3.63) is 23.2 Å². The second-order valence-corrected chi connectivity index (χ2v) is 6.62. The average Bonchev–Trinajstić information content (AvgIpc) is 3.03. The molecule has 0 radical (unpaired) electrons. The molecule has 1 amide bonds. The van der Waals surface area contributed by atoms with Gasteiger partial charge in [-0.1, -0.05) is 18.0 Å². The Morgan fingerprint density at radius 3 is 2.77 bits per heavy atom. The van der Waals surface area contributed by atoms with Crippen molar-refractivity contribution in [3.63, 3.8) is 0 Å². The molecule has 120 valence electrons. The van der Waals surface area contributed by atoms with Gasteiger partial charge < -0.3 is 10.1 Å². The number of amides is 1. The first-order valence-electron chi connectivity index (χ1n) is 7.55. The molecule has 0 aliphatic heterocycles. The van der Waals surface area contributed by atoms with Gasteiger partial charge in [0.2, 0.25) is 5.91 Å². The lowest BCUT2D eigenvalue weighted by Gasteiger charge is -2.21. The minimum atomic E-state index is -2.92. The van der Waals surface area contributed by atoms with Crippen molar-refractivity contribution in [1.82, 2.24) is 0 Å². The number of anilines is 1. The summed E-state index contributed by atoms with van der Waals surface area (Å²) < 4.78 is 28.6. The van der Waals surface area contributed by atoms with Crippen molar-refractivity contribution in [3.8, 4) is 5.75 Å². The molecule has 0 heterocycles. The summed E-state index contributed by atoms with van der Waals surface area (Å²) in [5.41, 5.74) is 0.500. The number of carbonyl (C=O) groups excluding carboxylic acids is 1. The minimum absolute atomic E-state index is 0.0452. The van der Waals surface area contributed by atoms with E-state index in [1.807, 2.05) is 0 Å². The van der Waals surface area contributed by atoms with E-state index in [9.17, 15) is 13.6 Å². The lowest BCUT2D eigenvalue weighted by molar-refractivity contribution is -0.117. The number of hydrogen-bond acceptors (Lipinski definition) is 2. The molecule has 2 fully saturated rings. The van der Waals surface area contributed by atoms with Gasteiger partial charge in [0.1, 0.15) is 5.75 Å². The highest BCUT2D eigenvalue weighted by Gasteiger charge is 2.40. The van der Waals surface area contributed by atoms with Crippen LogP contribution in [-0.4, -0.2) is 12.5 Å². The maximum absolute atomic E-state index is 12.2. The van der Waals surface area contributed by atoms with Crippen LogP contribution in [0.5, 0.6) is 5.75 Å². The summed E-state index contributed by atoms with van der Waals surface area (Å²) in [5.74, 6) is 1.85. The van der Waals surface area contributed by atoms with Gasteiger partial charge in [-0.15, -0.1) is 0 Å². The van der Waals surface area contributed by atoms with E-state index in [4.69, 9.17) is 11.6 Å². The van der Waals surface area contributed by atoms with Gasteiger partial charge in [-0.25, -0.2) is 0 Å². The van der Waals surface area contributed by atoms with Crippen LogP contribution in [0.3, 0.4) is 0 Å². The normalized spacial score (nSPS) is 26.5. The highest BCUT2D eigenvalue weighted by molar-refractivity contribution is 6.32. The third-order valence-corrected chi connectivity index (χ3v) is 5.06. The van der Waals surface area contributed by atoms with Gasteiger partial charge in [-0.2, -0.15) is 8.78 Å². The molecule has 0 unspecified atom stereocenters. The summed E-state index contributed by atoms with van der Waals surface area (Å²) in [5, 5.41) is 2.84. The molecule has 2 aliphatic carbocycles. The predicted octanol–water partition coefficient (Wildman–Crippen LogP) is 4.71. The minimum Gasteiger partial charge on any atom is -0.433 e. The van der Waals surface area contributed by atoms with Gasteiger partial charge in [0.15, 0.2) is 0 Å². The third kappa shape index (κ3) is 3.51. The van der Waals surface area contributed by atoms with Gasteiger partial charge in [0, 0.05) is 12.1 Å². The molecule has 2 bridgehead atoms. The monoisotopic (exact) mass is 329 g/mol. The molecule has 2 saturated carbocycles. The quantitative estimate of drug-likeness (QED) is 0.849. The zero-order chi connectivity index (χ0) is 15.7. The van der Waals surface area contributed by atoms with Crippen LogP contribution in [0.4, 0.5) is 14.5 Å². The first kappa shape index (κ1) is 15.5. The van der Waals surface area contributed by atoms with Crippen LogP contribution < -0.4 is 10.1 Å². The number of carbonyl (C=O) groups is 1. The molecule has 0 aromatic heterocycles. The molecule has 1 aromatic carbocycles. The van der Waals surface area contributed by atoms with Gasteiger partial charge in [0.05, 0.1) is 5.02 Å². The number of alkyl halides is 2. The molecular weight excluding hydrogens is 312 g/mol. The van der Waals surface area contributed by atoms with Crippen LogP contribution in [0.1, 0.15) is 32.1 Å². The summed E-state index contributed by atoms with van der Waals surface area (Å²) in [7, 11) is 0. The van der Waals surface area contributed by atoms with E-state index in [0.717, 1.165) is 12.3 Å². The van der Waals surface area contributed by atoms with Crippen LogP contribution in [0.15, 0.2) is 18.2 Å². The number of hydrogen-bond donors (Lipinski definition) is 1. The number of fused-ring (bicyclic) bond motifs is 2. The summed E-state index contributed by atoms with van der Waals surface area (Å²) in [6.07, 6.45) is 5.50. The van der Waals surface area contributed by atoms with E-state index >= 15 is 0 Å². The Hall–Kier alpha value is -1.36. The van der Waals surface area contributed by atoms with Gasteiger partial charge in [-0.05, 0) is 55.2 Å². The molecule has 6 heteroatoms. The lowest BCUT2D eigenvalue weighted by Crippen LogP contribution is -2.20. The maximum atomic E-state index is 12.2. The van der Waals surface area contributed by atoms with E-state index in [2.05, 4.69) is 10.1 Å². The summed E-state index contributed by atoms with van der Waals surface area (Å²) in [6, 6.07) is 4.28. The molecule has 2 aliphatic rings. The van der Waals surface area contributed by atoms with E-state index in [0.29, 0.717) is 23.9 Å². The molecular formula is C16H18ClF2NO2. The first-order chi connectivity index (χ1) is 10.5. The van der Waals surface area contributed by atoms with Crippen molar-refractivity contribution < 1.29 is 18.3 Å². The smallest absolute Gasteiger partial charge is 0.387 e. The van der Waals surface area contributed by atoms with Crippen molar-refractivity contribution >= 4 is 23.2 Å². The molecule has 1 N–H and O–H groups in total. The zero-order valence-electron chi connectivity index (χ0n) is 12.0. The average molecular weight is 330 g/mol. The van der Waals surface area contributed by atoms with Crippen LogP contribution in [0.25, 0.3) is 0 Å². The van der Waals surface area contributed by atoms with Crippen LogP contribution in [0, 0.1) is 17.8 Å². The van der Waals surface area contributed by atoms with Crippen LogP contribution >= 0.6 is 11.6 Å². The maximum Gasteiger partial charge on any atom is 0.387 e. The van der Waals surface area contributed by atoms with Crippen molar-refractivity contribution in [2.75, 3.05) is 5.32 Å². The zero-order valence-corrected chi connectivity index (χ0v) is 12.8. The van der Waals surface area contributed by atoms with E-state index in [-0.39, 0.29) is 16.7 Å². The van der Waals surface area contributed by atoms with Crippen LogP contribution in [0.2, 0.25) is 5.02 Å². The second-order valence-electron chi connectivity index (χ2n) is 6.21. The van der Waals surface area contributed by atoms with Crippen molar-refractivity contribution in [1.29, 1.82) is 0 Å². The number of benzene rings is 1. The third-order valence-electron chi connectivity index (χ3n) is 4.76. The molecule has 3 rings (SSSR count). The number of halogens is 3. The van der Waals surface area contributed by atoms with E-state index in [1.165, 1.54) is 37.5 Å². The summed E-state index contributed by atoms with van der Waals surface area (Å²) >= 11 is 5.87. The highest BCUT2D eigenvalue weighted by atomic mass is 35.5. The second kappa shape index (κ2) is 6.41. The fourth-order valence-corrected chi connectivity index (χ4v) is 4.07. The van der Waals surface area contributed by atoms with Gasteiger partial charge in [0.25, 0.3) is 0 Å². The van der Waals surface area contributed by atoms with Gasteiger partial charge >= 0.3 is 6.61 Å². The lowest BCUT2D eigenvalue weighted by atomic mass is 9.86. The molecule has 22 heavy (non-hydrogen) atoms. The number of nitrogens with one attached hydrogen (secondary N) is 1. The fraction of sp³-hybridized carbons (Fsp3) is 0.562. The number of rotatable bonds is 5. The Kier molecular flexibility index (Phi) is 4.52. The molecule has 0 spiro atoms. The topological polar surface area (TPSA) is 38.3 Å². The predicted molar refractivity (Wildman–Crippen MR) is 80.3 cm³/mol.